The third-order valence-corrected chi connectivity index (χ3v) is 12.6. The number of rotatable bonds is 52. The Morgan fingerprint density at radius 3 is 1.01 bits per heavy atom. The number of likely N-dealkylation sites (N-methyl/N-ethyl adjacent to an activating group) is 1. The van der Waals surface area contributed by atoms with E-state index < -0.39 is 32.5 Å². The largest absolute Gasteiger partial charge is 0.472 e. The number of nitrogens with zero attached hydrogens (tertiary/aromatic N) is 1. The summed E-state index contributed by atoms with van der Waals surface area (Å²) < 4.78 is 34.5. The van der Waals surface area contributed by atoms with Gasteiger partial charge >= 0.3 is 19.8 Å². The summed E-state index contributed by atoms with van der Waals surface area (Å²) in [7, 11) is 1.40. The summed E-state index contributed by atoms with van der Waals surface area (Å²) in [6.07, 6.45) is 92.2. The maximum atomic E-state index is 12.8. The Hall–Kier alpha value is -5.15. The van der Waals surface area contributed by atoms with Crippen LogP contribution >= 0.6 is 7.82 Å². The van der Waals surface area contributed by atoms with E-state index >= 15 is 0 Å². The first kappa shape index (κ1) is 74.8. The molecule has 0 saturated heterocycles. The number of phosphoric acid groups is 1. The number of quaternary nitrogens is 1. The number of allylic oxidation sites excluding steroid dienone is 32. The maximum absolute atomic E-state index is 12.8. The minimum Gasteiger partial charge on any atom is -0.462 e. The topological polar surface area (TPSA) is 108 Å². The Balaban J connectivity index is 4.38. The SMILES string of the molecule is CC/C=C\C/C=C\C/C=C\C/C=C\C/C=C\C/C=C\C/C=C\C/C=C\CCCCCCC(=O)OC(COC(=O)CCCC/C=C\C/C=C\C/C=C\C/C=C\C/C=C\C/C=C\C/C=C\C/C=C\CC)COP(=O)(O)OCC[N+](C)(C)C. The number of carbonyl (C=O) groups excluding carboxylic acids is 2. The molecule has 80 heavy (non-hydrogen) atoms. The van der Waals surface area contributed by atoms with Gasteiger partial charge < -0.3 is 18.9 Å². The van der Waals surface area contributed by atoms with E-state index in [-0.39, 0.29) is 26.1 Å². The van der Waals surface area contributed by atoms with Gasteiger partial charge in [-0.05, 0) is 141 Å². The van der Waals surface area contributed by atoms with Crippen LogP contribution in [0.25, 0.3) is 0 Å². The lowest BCUT2D eigenvalue weighted by molar-refractivity contribution is -0.870. The molecule has 0 fully saturated rings. The fraction of sp³-hybridized carbons (Fsp3) is 0.514. The molecule has 0 saturated carbocycles. The Labute approximate surface area is 488 Å². The van der Waals surface area contributed by atoms with Crippen molar-refractivity contribution in [3.63, 3.8) is 0 Å². The second kappa shape index (κ2) is 58.5. The number of carbonyl (C=O) groups is 2. The molecule has 9 nitrogen and oxygen atoms in total. The van der Waals surface area contributed by atoms with Crippen molar-refractivity contribution in [1.82, 2.24) is 0 Å². The van der Waals surface area contributed by atoms with Crippen LogP contribution in [-0.2, 0) is 32.7 Å². The zero-order valence-electron chi connectivity index (χ0n) is 50.5. The van der Waals surface area contributed by atoms with E-state index in [1.807, 2.05) is 21.1 Å². The van der Waals surface area contributed by atoms with Gasteiger partial charge in [-0.25, -0.2) is 4.57 Å². The lowest BCUT2D eigenvalue weighted by Crippen LogP contribution is -2.37. The van der Waals surface area contributed by atoms with E-state index in [1.165, 1.54) is 0 Å². The molecule has 0 aromatic carbocycles. The van der Waals surface area contributed by atoms with Crippen LogP contribution in [0.2, 0.25) is 0 Å². The van der Waals surface area contributed by atoms with Gasteiger partial charge in [0.15, 0.2) is 6.10 Å². The first-order chi connectivity index (χ1) is 39.0. The van der Waals surface area contributed by atoms with Crippen LogP contribution in [0.15, 0.2) is 194 Å². The Morgan fingerprint density at radius 1 is 0.388 bits per heavy atom. The van der Waals surface area contributed by atoms with Crippen LogP contribution < -0.4 is 0 Å². The fourth-order valence-corrected chi connectivity index (χ4v) is 7.79. The van der Waals surface area contributed by atoms with Crippen molar-refractivity contribution in [3.05, 3.63) is 194 Å². The number of ether oxygens (including phenoxy) is 2. The highest BCUT2D eigenvalue weighted by molar-refractivity contribution is 7.47. The number of hydrogen-bond acceptors (Lipinski definition) is 7. The van der Waals surface area contributed by atoms with E-state index in [4.69, 9.17) is 18.5 Å². The van der Waals surface area contributed by atoms with Gasteiger partial charge in [-0.2, -0.15) is 0 Å². The molecule has 446 valence electrons. The molecule has 0 bridgehead atoms. The second-order valence-corrected chi connectivity index (χ2v) is 21.7. The van der Waals surface area contributed by atoms with Crippen molar-refractivity contribution < 1.29 is 42.1 Å². The predicted octanol–water partition coefficient (Wildman–Crippen LogP) is 19.4. The van der Waals surface area contributed by atoms with Crippen molar-refractivity contribution in [1.29, 1.82) is 0 Å². The number of unbranched alkanes of at least 4 members (excludes halogenated alkanes) is 6. The third-order valence-electron chi connectivity index (χ3n) is 11.6. The van der Waals surface area contributed by atoms with Gasteiger partial charge in [0, 0.05) is 12.8 Å². The summed E-state index contributed by atoms with van der Waals surface area (Å²) in [6, 6.07) is 0. The summed E-state index contributed by atoms with van der Waals surface area (Å²) >= 11 is 0. The van der Waals surface area contributed by atoms with Gasteiger partial charge in [-0.1, -0.05) is 221 Å². The monoisotopic (exact) mass is 1120 g/mol. The van der Waals surface area contributed by atoms with Crippen LogP contribution in [0, 0.1) is 0 Å². The summed E-state index contributed by atoms with van der Waals surface area (Å²) in [5.41, 5.74) is 0. The molecule has 0 aliphatic carbocycles. The Morgan fingerprint density at radius 2 is 0.675 bits per heavy atom. The Bertz CT molecular complexity index is 2050. The molecule has 0 aliphatic heterocycles. The molecule has 0 heterocycles. The summed E-state index contributed by atoms with van der Waals surface area (Å²) in [5.74, 6) is -0.899. The molecule has 0 aliphatic rings. The highest BCUT2D eigenvalue weighted by Gasteiger charge is 2.27. The number of hydrogen-bond donors (Lipinski definition) is 1. The molecule has 2 unspecified atom stereocenters. The van der Waals surface area contributed by atoms with Crippen LogP contribution in [0.5, 0.6) is 0 Å². The van der Waals surface area contributed by atoms with E-state index in [9.17, 15) is 19.0 Å². The van der Waals surface area contributed by atoms with Crippen LogP contribution in [0.1, 0.15) is 181 Å². The molecular formula is C70H109NO8P+. The van der Waals surface area contributed by atoms with E-state index in [0.717, 1.165) is 141 Å². The highest BCUT2D eigenvalue weighted by atomic mass is 31.2. The standard InChI is InChI=1S/C70H108NO8P/c1-6-8-10-12-14-16-18-20-22-24-26-28-30-32-34-35-37-39-41-43-45-47-49-51-53-55-57-59-61-63-70(73)79-68(67-78-80(74,75)77-65-64-71(3,4)5)66-76-69(72)62-60-58-56-54-52-50-48-46-44-42-40-38-36-33-31-29-27-25-23-21-19-17-15-13-11-9-7-2/h8-11,14-17,20-23,26-29,32-34,36-37,39-40,42-43,45-46,48-49,51-52,54,68H,6-7,12-13,18-19,24-25,30-31,35,38,41,44,47,50,53,55-67H2,1-5H3/p+1/b10-8-,11-9-,16-14-,17-15-,22-20-,23-21-,28-26-,29-27-,34-32-,36-33-,39-37-,42-40-,45-43-,48-46-,51-49-,54-52-. The van der Waals surface area contributed by atoms with E-state index in [2.05, 4.69) is 208 Å². The van der Waals surface area contributed by atoms with Crippen molar-refractivity contribution in [2.45, 2.75) is 187 Å². The van der Waals surface area contributed by atoms with Crippen molar-refractivity contribution in [2.75, 3.05) is 47.5 Å². The summed E-state index contributed by atoms with van der Waals surface area (Å²) in [6.45, 7) is 4.08. The molecule has 0 spiro atoms. The van der Waals surface area contributed by atoms with Crippen molar-refractivity contribution in [2.24, 2.45) is 0 Å². The highest BCUT2D eigenvalue weighted by Crippen LogP contribution is 2.43. The molecule has 0 rings (SSSR count). The van der Waals surface area contributed by atoms with Crippen LogP contribution in [-0.4, -0.2) is 74.9 Å². The van der Waals surface area contributed by atoms with Crippen LogP contribution in [0.3, 0.4) is 0 Å². The molecule has 10 heteroatoms. The number of phosphoric ester groups is 1. The van der Waals surface area contributed by atoms with Gasteiger partial charge in [-0.15, -0.1) is 0 Å². The molecule has 2 atom stereocenters. The Kier molecular flexibility index (Phi) is 54.7. The lowest BCUT2D eigenvalue weighted by Gasteiger charge is -2.24. The first-order valence-corrected chi connectivity index (χ1v) is 31.7. The van der Waals surface area contributed by atoms with E-state index in [1.54, 1.807) is 0 Å². The van der Waals surface area contributed by atoms with Gasteiger partial charge in [0.2, 0.25) is 0 Å². The van der Waals surface area contributed by atoms with E-state index in [0.29, 0.717) is 23.9 Å². The smallest absolute Gasteiger partial charge is 0.462 e. The molecule has 1 N–H and O–H groups in total. The molecule has 0 amide bonds. The number of esters is 2. The minimum absolute atomic E-state index is 0.00619. The summed E-state index contributed by atoms with van der Waals surface area (Å²) in [5, 5.41) is 0. The second-order valence-electron chi connectivity index (χ2n) is 20.3. The van der Waals surface area contributed by atoms with Crippen molar-refractivity contribution in [3.8, 4) is 0 Å². The van der Waals surface area contributed by atoms with Gasteiger partial charge in [0.25, 0.3) is 0 Å². The maximum Gasteiger partial charge on any atom is 0.472 e. The van der Waals surface area contributed by atoms with Crippen LogP contribution in [0.4, 0.5) is 0 Å². The third kappa shape index (κ3) is 62.1. The zero-order valence-corrected chi connectivity index (χ0v) is 51.4. The molecule has 0 radical (unpaired) electrons. The van der Waals surface area contributed by atoms with Gasteiger partial charge in [0.05, 0.1) is 27.7 Å². The lowest BCUT2D eigenvalue weighted by atomic mass is 10.1. The minimum atomic E-state index is -4.42. The van der Waals surface area contributed by atoms with Crippen molar-refractivity contribution >= 4 is 19.8 Å². The normalized spacial score (nSPS) is 14.6. The fourth-order valence-electron chi connectivity index (χ4n) is 7.04. The van der Waals surface area contributed by atoms with Gasteiger partial charge in [0.1, 0.15) is 19.8 Å². The molecular weight excluding hydrogens is 1010 g/mol. The average molecular weight is 1120 g/mol. The predicted molar refractivity (Wildman–Crippen MR) is 343 cm³/mol. The van der Waals surface area contributed by atoms with Gasteiger partial charge in [-0.3, -0.25) is 18.6 Å². The zero-order chi connectivity index (χ0) is 58.4. The first-order valence-electron chi connectivity index (χ1n) is 30.2. The average Bonchev–Trinajstić information content (AvgIpc) is 3.42. The quantitative estimate of drug-likeness (QED) is 0.0211. The summed E-state index contributed by atoms with van der Waals surface area (Å²) in [4.78, 5) is 35.7. The molecule has 0 aromatic heterocycles. The molecule has 0 aromatic rings.